The number of likely N-dealkylation sites (N-methyl/N-ethyl adjacent to an activating group) is 1. The fourth-order valence-corrected chi connectivity index (χ4v) is 4.93. The van der Waals surface area contributed by atoms with Gasteiger partial charge in [0.2, 0.25) is 5.91 Å². The highest BCUT2D eigenvalue weighted by atomic mass is 32.2. The Kier molecular flexibility index (Phi) is 5.55. The van der Waals surface area contributed by atoms with Gasteiger partial charge in [-0.15, -0.1) is 0 Å². The van der Waals surface area contributed by atoms with Crippen LogP contribution < -0.4 is 4.74 Å². The molecule has 0 radical (unpaired) electrons. The summed E-state index contributed by atoms with van der Waals surface area (Å²) < 4.78 is 34.1. The van der Waals surface area contributed by atoms with Crippen LogP contribution in [0.5, 0.6) is 5.75 Å². The Morgan fingerprint density at radius 1 is 1.30 bits per heavy atom. The van der Waals surface area contributed by atoms with Crippen LogP contribution in [0.25, 0.3) is 0 Å². The van der Waals surface area contributed by atoms with E-state index < -0.39 is 9.84 Å². The van der Waals surface area contributed by atoms with Crippen molar-refractivity contribution in [1.29, 1.82) is 0 Å². The van der Waals surface area contributed by atoms with Gasteiger partial charge in [-0.25, -0.2) is 8.42 Å². The summed E-state index contributed by atoms with van der Waals surface area (Å²) >= 11 is 0. The summed E-state index contributed by atoms with van der Waals surface area (Å²) in [6.45, 7) is 4.09. The third kappa shape index (κ3) is 4.68. The Morgan fingerprint density at radius 2 is 2.00 bits per heavy atom. The van der Waals surface area contributed by atoms with E-state index in [-0.39, 0.29) is 29.9 Å². The SMILES string of the molecule is Cc1noc(C)c1COc1ccc(CC(=O)N(C)[C@H]2CCS(=O)(=O)C2)cc1. The Labute approximate surface area is 159 Å². The number of rotatable bonds is 6. The molecule has 2 heterocycles. The molecule has 1 aliphatic rings. The van der Waals surface area contributed by atoms with E-state index in [1.165, 1.54) is 0 Å². The van der Waals surface area contributed by atoms with Crippen LogP contribution in [0.3, 0.4) is 0 Å². The van der Waals surface area contributed by atoms with E-state index in [4.69, 9.17) is 9.26 Å². The van der Waals surface area contributed by atoms with Gasteiger partial charge in [0.05, 0.1) is 29.2 Å². The highest BCUT2D eigenvalue weighted by molar-refractivity contribution is 7.91. The molecule has 2 aromatic rings. The summed E-state index contributed by atoms with van der Waals surface area (Å²) in [6, 6.07) is 7.11. The van der Waals surface area contributed by atoms with Crippen LogP contribution in [0.15, 0.2) is 28.8 Å². The molecule has 1 aromatic heterocycles. The van der Waals surface area contributed by atoms with Crippen LogP contribution in [0, 0.1) is 13.8 Å². The van der Waals surface area contributed by atoms with Crippen molar-refractivity contribution in [2.45, 2.75) is 39.3 Å². The molecular formula is C19H24N2O5S. The lowest BCUT2D eigenvalue weighted by atomic mass is 10.1. The van der Waals surface area contributed by atoms with Gasteiger partial charge in [-0.2, -0.15) is 0 Å². The first-order chi connectivity index (χ1) is 12.7. The maximum atomic E-state index is 12.4. The van der Waals surface area contributed by atoms with E-state index in [9.17, 15) is 13.2 Å². The lowest BCUT2D eigenvalue weighted by molar-refractivity contribution is -0.130. The molecule has 1 atom stereocenters. The summed E-state index contributed by atoms with van der Waals surface area (Å²) in [7, 11) is -1.33. The normalized spacial score (nSPS) is 18.4. The molecule has 0 bridgehead atoms. The minimum atomic E-state index is -3.01. The van der Waals surface area contributed by atoms with Crippen LogP contribution in [0.1, 0.15) is 29.0 Å². The molecule has 0 N–H and O–H groups in total. The molecule has 0 aliphatic carbocycles. The summed E-state index contributed by atoms with van der Waals surface area (Å²) in [4.78, 5) is 14.0. The molecule has 0 spiro atoms. The van der Waals surface area contributed by atoms with Crippen LogP contribution in [-0.2, 0) is 27.7 Å². The van der Waals surface area contributed by atoms with E-state index in [0.29, 0.717) is 18.8 Å². The maximum absolute atomic E-state index is 12.4. The smallest absolute Gasteiger partial charge is 0.227 e. The van der Waals surface area contributed by atoms with Crippen molar-refractivity contribution in [3.05, 3.63) is 46.8 Å². The zero-order valence-corrected chi connectivity index (χ0v) is 16.6. The van der Waals surface area contributed by atoms with Crippen molar-refractivity contribution in [1.82, 2.24) is 10.1 Å². The molecule has 1 aromatic carbocycles. The van der Waals surface area contributed by atoms with E-state index in [1.807, 2.05) is 38.1 Å². The molecule has 8 heteroatoms. The first-order valence-electron chi connectivity index (χ1n) is 8.85. The van der Waals surface area contributed by atoms with E-state index in [2.05, 4.69) is 5.16 Å². The van der Waals surface area contributed by atoms with Crippen LogP contribution in [0.4, 0.5) is 0 Å². The molecule has 27 heavy (non-hydrogen) atoms. The first-order valence-corrected chi connectivity index (χ1v) is 10.7. The minimum absolute atomic E-state index is 0.0592. The quantitative estimate of drug-likeness (QED) is 0.747. The number of sulfone groups is 1. The van der Waals surface area contributed by atoms with Gasteiger partial charge < -0.3 is 14.2 Å². The van der Waals surface area contributed by atoms with Gasteiger partial charge in [-0.3, -0.25) is 4.79 Å². The summed E-state index contributed by atoms with van der Waals surface area (Å²) in [6.07, 6.45) is 0.746. The Hall–Kier alpha value is -2.35. The topological polar surface area (TPSA) is 89.7 Å². The van der Waals surface area contributed by atoms with Crippen molar-refractivity contribution in [3.63, 3.8) is 0 Å². The van der Waals surface area contributed by atoms with Gasteiger partial charge in [0, 0.05) is 13.1 Å². The number of ether oxygens (including phenoxy) is 1. The average molecular weight is 392 g/mol. The monoisotopic (exact) mass is 392 g/mol. The Bertz CT molecular complexity index is 899. The fraction of sp³-hybridized carbons (Fsp3) is 0.474. The first kappa shape index (κ1) is 19.4. The zero-order valence-electron chi connectivity index (χ0n) is 15.8. The largest absolute Gasteiger partial charge is 0.489 e. The Morgan fingerprint density at radius 3 is 2.56 bits per heavy atom. The van der Waals surface area contributed by atoms with E-state index in [1.54, 1.807) is 11.9 Å². The molecule has 1 saturated heterocycles. The molecule has 1 fully saturated rings. The predicted octanol–water partition coefficient (Wildman–Crippen LogP) is 2.06. The highest BCUT2D eigenvalue weighted by Crippen LogP contribution is 2.20. The number of hydrogen-bond acceptors (Lipinski definition) is 6. The van der Waals surface area contributed by atoms with Gasteiger partial charge in [0.15, 0.2) is 9.84 Å². The van der Waals surface area contributed by atoms with Crippen LogP contribution in [0.2, 0.25) is 0 Å². The average Bonchev–Trinajstić information content (AvgIpc) is 3.15. The summed E-state index contributed by atoms with van der Waals surface area (Å²) in [5, 5.41) is 3.90. The molecule has 146 valence electrons. The highest BCUT2D eigenvalue weighted by Gasteiger charge is 2.32. The lowest BCUT2D eigenvalue weighted by Crippen LogP contribution is -2.38. The molecule has 0 saturated carbocycles. The van der Waals surface area contributed by atoms with Gasteiger partial charge >= 0.3 is 0 Å². The fourth-order valence-electron chi connectivity index (χ4n) is 3.15. The van der Waals surface area contributed by atoms with Gasteiger partial charge in [0.25, 0.3) is 0 Å². The number of aryl methyl sites for hydroxylation is 2. The Balaban J connectivity index is 1.55. The molecule has 1 aliphatic heterocycles. The number of carbonyl (C=O) groups excluding carboxylic acids is 1. The van der Waals surface area contributed by atoms with Crippen LogP contribution in [-0.4, -0.2) is 49.0 Å². The second kappa shape index (κ2) is 7.72. The molecular weight excluding hydrogens is 368 g/mol. The number of benzene rings is 1. The van der Waals surface area contributed by atoms with Crippen molar-refractivity contribution in [2.24, 2.45) is 0 Å². The van der Waals surface area contributed by atoms with Crippen molar-refractivity contribution >= 4 is 15.7 Å². The lowest BCUT2D eigenvalue weighted by Gasteiger charge is -2.23. The third-order valence-electron chi connectivity index (χ3n) is 4.99. The number of hydrogen-bond donors (Lipinski definition) is 0. The van der Waals surface area contributed by atoms with Crippen LogP contribution >= 0.6 is 0 Å². The zero-order chi connectivity index (χ0) is 19.6. The van der Waals surface area contributed by atoms with Crippen molar-refractivity contribution < 1.29 is 22.5 Å². The number of aromatic nitrogens is 1. The number of nitrogens with zero attached hydrogens (tertiary/aromatic N) is 2. The molecule has 0 unspecified atom stereocenters. The number of amides is 1. The predicted molar refractivity (Wildman–Crippen MR) is 100 cm³/mol. The van der Waals surface area contributed by atoms with Gasteiger partial charge in [0.1, 0.15) is 18.1 Å². The summed E-state index contributed by atoms with van der Waals surface area (Å²) in [5.74, 6) is 1.57. The minimum Gasteiger partial charge on any atom is -0.489 e. The second-order valence-corrected chi connectivity index (χ2v) is 9.20. The van der Waals surface area contributed by atoms with E-state index >= 15 is 0 Å². The van der Waals surface area contributed by atoms with Crippen molar-refractivity contribution in [2.75, 3.05) is 18.6 Å². The standard InChI is InChI=1S/C19H24N2O5S/c1-13-18(14(2)26-20-13)11-25-17-6-4-15(5-7-17)10-19(22)21(3)16-8-9-27(23,24)12-16/h4-7,16H,8-12H2,1-3H3/t16-/m0/s1. The van der Waals surface area contributed by atoms with Crippen molar-refractivity contribution in [3.8, 4) is 5.75 Å². The number of carbonyl (C=O) groups is 1. The third-order valence-corrected chi connectivity index (χ3v) is 6.74. The summed E-state index contributed by atoms with van der Waals surface area (Å²) in [5.41, 5.74) is 2.60. The second-order valence-electron chi connectivity index (χ2n) is 6.97. The van der Waals surface area contributed by atoms with E-state index in [0.717, 1.165) is 22.6 Å². The molecule has 1 amide bonds. The maximum Gasteiger partial charge on any atom is 0.227 e. The molecule has 3 rings (SSSR count). The van der Waals surface area contributed by atoms with Gasteiger partial charge in [-0.1, -0.05) is 17.3 Å². The molecule has 7 nitrogen and oxygen atoms in total. The van der Waals surface area contributed by atoms with Gasteiger partial charge in [-0.05, 0) is 38.0 Å².